The maximum atomic E-state index is 13.8. The number of nitriles is 1. The van der Waals surface area contributed by atoms with Gasteiger partial charge in [-0.3, -0.25) is 4.79 Å². The van der Waals surface area contributed by atoms with Crippen molar-refractivity contribution >= 4 is 5.91 Å². The number of carbonyl (C=O) groups is 1. The molecule has 1 unspecified atom stereocenters. The standard InChI is InChI=1S/C22H16F2N2O/c23-18-10-11-19(20(24)13-18)21(14-25)26-22(27)12-15-6-8-17(9-7-15)16-4-2-1-3-5-16/h1-11,13,21H,12H2,(H,26,27). The first kappa shape index (κ1) is 18.3. The molecule has 0 saturated carbocycles. The molecule has 0 aliphatic heterocycles. The van der Waals surface area contributed by atoms with Crippen molar-refractivity contribution in [3.63, 3.8) is 0 Å². The van der Waals surface area contributed by atoms with Gasteiger partial charge in [-0.15, -0.1) is 0 Å². The van der Waals surface area contributed by atoms with Crippen LogP contribution in [0.5, 0.6) is 0 Å². The summed E-state index contributed by atoms with van der Waals surface area (Å²) in [5.41, 5.74) is 2.81. The Morgan fingerprint density at radius 3 is 2.26 bits per heavy atom. The van der Waals surface area contributed by atoms with Crippen molar-refractivity contribution in [3.8, 4) is 17.2 Å². The molecule has 0 aromatic heterocycles. The van der Waals surface area contributed by atoms with Gasteiger partial charge in [-0.05, 0) is 22.8 Å². The molecule has 0 fully saturated rings. The van der Waals surface area contributed by atoms with E-state index in [1.165, 1.54) is 0 Å². The van der Waals surface area contributed by atoms with Crippen LogP contribution in [0.25, 0.3) is 11.1 Å². The fourth-order valence-corrected chi connectivity index (χ4v) is 2.76. The van der Waals surface area contributed by atoms with Crippen LogP contribution in [-0.2, 0) is 11.2 Å². The van der Waals surface area contributed by atoms with Crippen LogP contribution in [0.2, 0.25) is 0 Å². The van der Waals surface area contributed by atoms with Crippen LogP contribution >= 0.6 is 0 Å². The molecule has 1 amide bonds. The van der Waals surface area contributed by atoms with E-state index in [2.05, 4.69) is 5.32 Å². The summed E-state index contributed by atoms with van der Waals surface area (Å²) >= 11 is 0. The summed E-state index contributed by atoms with van der Waals surface area (Å²) in [4.78, 5) is 12.2. The zero-order valence-corrected chi connectivity index (χ0v) is 14.3. The SMILES string of the molecule is N#CC(NC(=O)Cc1ccc(-c2ccccc2)cc1)c1ccc(F)cc1F. The average molecular weight is 362 g/mol. The van der Waals surface area contributed by atoms with E-state index < -0.39 is 23.6 Å². The van der Waals surface area contributed by atoms with Crippen molar-refractivity contribution in [3.05, 3.63) is 95.6 Å². The lowest BCUT2D eigenvalue weighted by Crippen LogP contribution is -2.29. The van der Waals surface area contributed by atoms with Crippen LogP contribution in [0, 0.1) is 23.0 Å². The topological polar surface area (TPSA) is 52.9 Å². The average Bonchev–Trinajstić information content (AvgIpc) is 2.68. The normalized spacial score (nSPS) is 11.4. The Hall–Kier alpha value is -3.52. The Morgan fingerprint density at radius 1 is 0.963 bits per heavy atom. The van der Waals surface area contributed by atoms with Gasteiger partial charge < -0.3 is 5.32 Å². The minimum atomic E-state index is -1.18. The molecule has 134 valence electrons. The molecular formula is C22H16F2N2O. The monoisotopic (exact) mass is 362 g/mol. The molecule has 3 aromatic rings. The van der Waals surface area contributed by atoms with E-state index in [1.54, 1.807) is 0 Å². The third-order valence-electron chi connectivity index (χ3n) is 4.13. The van der Waals surface area contributed by atoms with Crippen molar-refractivity contribution in [2.75, 3.05) is 0 Å². The number of nitrogens with zero attached hydrogens (tertiary/aromatic N) is 1. The minimum Gasteiger partial charge on any atom is -0.336 e. The molecule has 3 rings (SSSR count). The summed E-state index contributed by atoms with van der Waals surface area (Å²) in [6.45, 7) is 0. The number of benzene rings is 3. The zero-order valence-electron chi connectivity index (χ0n) is 14.3. The van der Waals surface area contributed by atoms with E-state index in [0.717, 1.165) is 28.8 Å². The molecule has 0 aliphatic carbocycles. The van der Waals surface area contributed by atoms with E-state index in [4.69, 9.17) is 0 Å². The first-order chi connectivity index (χ1) is 13.1. The lowest BCUT2D eigenvalue weighted by Gasteiger charge is -2.13. The molecular weight excluding hydrogens is 346 g/mol. The lowest BCUT2D eigenvalue weighted by atomic mass is 10.0. The van der Waals surface area contributed by atoms with Gasteiger partial charge in [-0.2, -0.15) is 5.26 Å². The Labute approximate surface area is 155 Å². The second kappa shape index (κ2) is 8.24. The molecule has 5 heteroatoms. The summed E-state index contributed by atoms with van der Waals surface area (Å²) in [6.07, 6.45) is 0.0517. The fraction of sp³-hybridized carbons (Fsp3) is 0.0909. The lowest BCUT2D eigenvalue weighted by molar-refractivity contribution is -0.120. The van der Waals surface area contributed by atoms with Crippen molar-refractivity contribution in [1.29, 1.82) is 5.26 Å². The number of hydrogen-bond acceptors (Lipinski definition) is 2. The van der Waals surface area contributed by atoms with Gasteiger partial charge in [0.1, 0.15) is 17.7 Å². The number of rotatable bonds is 5. The van der Waals surface area contributed by atoms with Crippen LogP contribution in [-0.4, -0.2) is 5.91 Å². The smallest absolute Gasteiger partial charge is 0.225 e. The molecule has 0 bridgehead atoms. The van der Waals surface area contributed by atoms with Gasteiger partial charge in [0.2, 0.25) is 5.91 Å². The highest BCUT2D eigenvalue weighted by Gasteiger charge is 2.18. The highest BCUT2D eigenvalue weighted by molar-refractivity contribution is 5.79. The van der Waals surface area contributed by atoms with Gasteiger partial charge >= 0.3 is 0 Å². The molecule has 3 aromatic carbocycles. The van der Waals surface area contributed by atoms with E-state index in [1.807, 2.05) is 60.7 Å². The number of halogens is 2. The van der Waals surface area contributed by atoms with Crippen LogP contribution in [0.3, 0.4) is 0 Å². The van der Waals surface area contributed by atoms with Gasteiger partial charge in [0.25, 0.3) is 0 Å². The summed E-state index contributed by atoms with van der Waals surface area (Å²) in [7, 11) is 0. The minimum absolute atomic E-state index is 0.0517. The van der Waals surface area contributed by atoms with Gasteiger partial charge in [0, 0.05) is 11.6 Å². The first-order valence-corrected chi connectivity index (χ1v) is 8.35. The maximum absolute atomic E-state index is 13.8. The highest BCUT2D eigenvalue weighted by Crippen LogP contribution is 2.20. The third-order valence-corrected chi connectivity index (χ3v) is 4.13. The molecule has 0 radical (unpaired) electrons. The number of hydrogen-bond donors (Lipinski definition) is 1. The molecule has 0 saturated heterocycles. The Kier molecular flexibility index (Phi) is 5.58. The Morgan fingerprint density at radius 2 is 1.63 bits per heavy atom. The van der Waals surface area contributed by atoms with E-state index >= 15 is 0 Å². The second-order valence-corrected chi connectivity index (χ2v) is 6.04. The van der Waals surface area contributed by atoms with Crippen LogP contribution in [0.1, 0.15) is 17.2 Å². The van der Waals surface area contributed by atoms with E-state index in [9.17, 15) is 18.8 Å². The summed E-state index contributed by atoms with van der Waals surface area (Å²) in [5.74, 6) is -2.02. The number of amides is 1. The predicted octanol–water partition coefficient (Wildman–Crippen LogP) is 4.56. The van der Waals surface area contributed by atoms with Crippen molar-refractivity contribution in [1.82, 2.24) is 5.32 Å². The number of nitrogens with one attached hydrogen (secondary N) is 1. The summed E-state index contributed by atoms with van der Waals surface area (Å²) in [5, 5.41) is 11.7. The second-order valence-electron chi connectivity index (χ2n) is 6.04. The largest absolute Gasteiger partial charge is 0.336 e. The van der Waals surface area contributed by atoms with E-state index in [-0.39, 0.29) is 12.0 Å². The summed E-state index contributed by atoms with van der Waals surface area (Å²) < 4.78 is 26.8. The van der Waals surface area contributed by atoms with Crippen LogP contribution < -0.4 is 5.32 Å². The summed E-state index contributed by atoms with van der Waals surface area (Å²) in [6, 6.07) is 20.9. The van der Waals surface area contributed by atoms with Gasteiger partial charge in [0.15, 0.2) is 0 Å². The van der Waals surface area contributed by atoms with Crippen molar-refractivity contribution in [2.24, 2.45) is 0 Å². The molecule has 0 heterocycles. The van der Waals surface area contributed by atoms with Crippen molar-refractivity contribution < 1.29 is 13.6 Å². The van der Waals surface area contributed by atoms with Gasteiger partial charge in [-0.25, -0.2) is 8.78 Å². The van der Waals surface area contributed by atoms with Crippen molar-refractivity contribution in [2.45, 2.75) is 12.5 Å². The maximum Gasteiger partial charge on any atom is 0.225 e. The van der Waals surface area contributed by atoms with Crippen LogP contribution in [0.15, 0.2) is 72.8 Å². The highest BCUT2D eigenvalue weighted by atomic mass is 19.1. The molecule has 3 nitrogen and oxygen atoms in total. The quantitative estimate of drug-likeness (QED) is 0.724. The molecule has 0 spiro atoms. The molecule has 1 N–H and O–H groups in total. The fourth-order valence-electron chi connectivity index (χ4n) is 2.76. The van der Waals surface area contributed by atoms with Gasteiger partial charge in [0.05, 0.1) is 12.5 Å². The first-order valence-electron chi connectivity index (χ1n) is 8.35. The Balaban J connectivity index is 1.67. The zero-order chi connectivity index (χ0) is 19.2. The van der Waals surface area contributed by atoms with Crippen LogP contribution in [0.4, 0.5) is 8.78 Å². The number of carbonyl (C=O) groups excluding carboxylic acids is 1. The molecule has 27 heavy (non-hydrogen) atoms. The van der Waals surface area contributed by atoms with Gasteiger partial charge in [-0.1, -0.05) is 60.7 Å². The molecule has 0 aliphatic rings. The van der Waals surface area contributed by atoms with E-state index in [0.29, 0.717) is 6.07 Å². The Bertz CT molecular complexity index is 979. The predicted molar refractivity (Wildman–Crippen MR) is 98.4 cm³/mol. The molecule has 1 atom stereocenters. The third kappa shape index (κ3) is 4.56.